The minimum Gasteiger partial charge on any atom is -0.488 e. The maximum atomic E-state index is 5.74. The van der Waals surface area contributed by atoms with Gasteiger partial charge in [0.25, 0.3) is 0 Å². The Kier molecular flexibility index (Phi) is 3.01. The molecule has 0 saturated carbocycles. The van der Waals surface area contributed by atoms with Crippen molar-refractivity contribution in [1.29, 1.82) is 0 Å². The normalized spacial score (nSPS) is 21.1. The number of rotatable bonds is 3. The summed E-state index contributed by atoms with van der Waals surface area (Å²) in [5, 5.41) is 0. The van der Waals surface area contributed by atoms with Crippen molar-refractivity contribution in [2.75, 3.05) is 13.2 Å². The van der Waals surface area contributed by atoms with Crippen molar-refractivity contribution in [3.8, 4) is 5.75 Å². The van der Waals surface area contributed by atoms with Crippen molar-refractivity contribution in [3.05, 3.63) is 29.8 Å². The predicted octanol–water partition coefficient (Wildman–Crippen LogP) is 1.31. The van der Waals surface area contributed by atoms with E-state index < -0.39 is 0 Å². The minimum absolute atomic E-state index is 0.211. The highest BCUT2D eigenvalue weighted by molar-refractivity contribution is 5.28. The highest BCUT2D eigenvalue weighted by Crippen LogP contribution is 2.17. The van der Waals surface area contributed by atoms with Gasteiger partial charge in [-0.15, -0.1) is 0 Å². The van der Waals surface area contributed by atoms with Crippen LogP contribution in [0.5, 0.6) is 5.75 Å². The van der Waals surface area contributed by atoms with E-state index >= 15 is 0 Å². The average Bonchev–Trinajstić information content (AvgIpc) is 2.71. The van der Waals surface area contributed by atoms with E-state index in [0.717, 1.165) is 24.3 Å². The molecular weight excluding hydrogens is 178 g/mol. The summed E-state index contributed by atoms with van der Waals surface area (Å²) in [5.41, 5.74) is 6.65. The Morgan fingerprint density at radius 1 is 1.50 bits per heavy atom. The number of ether oxygens (including phenoxy) is 2. The first-order chi connectivity index (χ1) is 6.88. The van der Waals surface area contributed by atoms with Gasteiger partial charge in [0.15, 0.2) is 0 Å². The molecule has 1 aliphatic heterocycles. The van der Waals surface area contributed by atoms with Crippen LogP contribution in [0.3, 0.4) is 0 Å². The van der Waals surface area contributed by atoms with Gasteiger partial charge in [-0.25, -0.2) is 0 Å². The zero-order chi connectivity index (χ0) is 9.80. The number of nitrogens with two attached hydrogens (primary N) is 1. The fraction of sp³-hybridized carbons (Fsp3) is 0.455. The molecular formula is C11H15NO2. The van der Waals surface area contributed by atoms with Crippen LogP contribution in [0.15, 0.2) is 24.3 Å². The summed E-state index contributed by atoms with van der Waals surface area (Å²) in [4.78, 5) is 0. The monoisotopic (exact) mass is 193 g/mol. The molecule has 0 aliphatic carbocycles. The smallest absolute Gasteiger partial charge is 0.124 e. The third-order valence-electron chi connectivity index (χ3n) is 2.32. The summed E-state index contributed by atoms with van der Waals surface area (Å²) >= 11 is 0. The van der Waals surface area contributed by atoms with Crippen LogP contribution >= 0.6 is 0 Å². The average molecular weight is 193 g/mol. The molecule has 0 amide bonds. The van der Waals surface area contributed by atoms with Gasteiger partial charge in [-0.05, 0) is 17.7 Å². The maximum Gasteiger partial charge on any atom is 0.124 e. The van der Waals surface area contributed by atoms with Crippen molar-refractivity contribution in [1.82, 2.24) is 0 Å². The number of hydrogen-bond donors (Lipinski definition) is 1. The van der Waals surface area contributed by atoms with Crippen LogP contribution < -0.4 is 10.5 Å². The molecule has 1 aromatic carbocycles. The maximum absolute atomic E-state index is 5.74. The van der Waals surface area contributed by atoms with Crippen LogP contribution in [0, 0.1) is 0 Å². The van der Waals surface area contributed by atoms with Crippen molar-refractivity contribution < 1.29 is 9.47 Å². The Hall–Kier alpha value is -1.06. The summed E-state index contributed by atoms with van der Waals surface area (Å²) in [6.07, 6.45) is 1.19. The quantitative estimate of drug-likeness (QED) is 0.787. The van der Waals surface area contributed by atoms with Crippen LogP contribution in [0.2, 0.25) is 0 Å². The van der Waals surface area contributed by atoms with E-state index in [0.29, 0.717) is 13.2 Å². The molecule has 1 aromatic rings. The van der Waals surface area contributed by atoms with Gasteiger partial charge < -0.3 is 15.2 Å². The Balaban J connectivity index is 2.00. The van der Waals surface area contributed by atoms with E-state index in [4.69, 9.17) is 15.2 Å². The van der Waals surface area contributed by atoms with Crippen molar-refractivity contribution >= 4 is 0 Å². The lowest BCUT2D eigenvalue weighted by molar-refractivity contribution is 0.141. The molecule has 3 heteroatoms. The third kappa shape index (κ3) is 2.25. The Morgan fingerprint density at radius 3 is 3.14 bits per heavy atom. The van der Waals surface area contributed by atoms with Crippen molar-refractivity contribution in [2.24, 2.45) is 5.73 Å². The summed E-state index contributed by atoms with van der Waals surface area (Å²) in [7, 11) is 0. The van der Waals surface area contributed by atoms with E-state index in [1.807, 2.05) is 24.3 Å². The molecule has 1 unspecified atom stereocenters. The first-order valence-corrected chi connectivity index (χ1v) is 4.92. The molecule has 0 radical (unpaired) electrons. The van der Waals surface area contributed by atoms with Crippen LogP contribution in [0.25, 0.3) is 0 Å². The molecule has 2 rings (SSSR count). The van der Waals surface area contributed by atoms with Gasteiger partial charge in [-0.3, -0.25) is 0 Å². The molecule has 1 aliphatic rings. The standard InChI is InChI=1S/C11H15NO2/c12-7-9-2-1-3-10(6-9)14-11-4-5-13-8-11/h1-3,6,11H,4-5,7-8,12H2. The van der Waals surface area contributed by atoms with Gasteiger partial charge in [0.05, 0.1) is 13.2 Å². The minimum atomic E-state index is 0.211. The largest absolute Gasteiger partial charge is 0.488 e. The zero-order valence-electron chi connectivity index (χ0n) is 8.11. The van der Waals surface area contributed by atoms with E-state index in [-0.39, 0.29) is 6.10 Å². The van der Waals surface area contributed by atoms with Gasteiger partial charge >= 0.3 is 0 Å². The molecule has 1 heterocycles. The number of benzene rings is 1. The lowest BCUT2D eigenvalue weighted by Crippen LogP contribution is -2.15. The third-order valence-corrected chi connectivity index (χ3v) is 2.32. The molecule has 0 spiro atoms. The Labute approximate surface area is 83.8 Å². The Morgan fingerprint density at radius 2 is 2.43 bits per heavy atom. The van der Waals surface area contributed by atoms with Gasteiger partial charge in [-0.1, -0.05) is 12.1 Å². The van der Waals surface area contributed by atoms with E-state index in [2.05, 4.69) is 0 Å². The SMILES string of the molecule is NCc1cccc(OC2CCOC2)c1. The Bertz CT molecular complexity index is 295. The first kappa shape index (κ1) is 9.49. The first-order valence-electron chi connectivity index (χ1n) is 4.92. The van der Waals surface area contributed by atoms with Crippen LogP contribution in [-0.4, -0.2) is 19.3 Å². The summed E-state index contributed by atoms with van der Waals surface area (Å²) in [6, 6.07) is 7.90. The van der Waals surface area contributed by atoms with Gasteiger partial charge in [-0.2, -0.15) is 0 Å². The lowest BCUT2D eigenvalue weighted by Gasteiger charge is -2.12. The van der Waals surface area contributed by atoms with Crippen LogP contribution in [0.1, 0.15) is 12.0 Å². The molecule has 3 nitrogen and oxygen atoms in total. The van der Waals surface area contributed by atoms with E-state index in [1.54, 1.807) is 0 Å². The van der Waals surface area contributed by atoms with E-state index in [9.17, 15) is 0 Å². The predicted molar refractivity (Wildman–Crippen MR) is 54.2 cm³/mol. The molecule has 0 aromatic heterocycles. The summed E-state index contributed by atoms with van der Waals surface area (Å²) < 4.78 is 11.0. The second kappa shape index (κ2) is 4.44. The van der Waals surface area contributed by atoms with Crippen molar-refractivity contribution in [2.45, 2.75) is 19.1 Å². The molecule has 2 N–H and O–H groups in total. The van der Waals surface area contributed by atoms with Crippen LogP contribution in [-0.2, 0) is 11.3 Å². The second-order valence-electron chi connectivity index (χ2n) is 3.45. The molecule has 76 valence electrons. The lowest BCUT2D eigenvalue weighted by atomic mass is 10.2. The molecule has 0 bridgehead atoms. The van der Waals surface area contributed by atoms with Gasteiger partial charge in [0.2, 0.25) is 0 Å². The molecule has 1 saturated heterocycles. The molecule has 14 heavy (non-hydrogen) atoms. The highest BCUT2D eigenvalue weighted by atomic mass is 16.5. The summed E-state index contributed by atoms with van der Waals surface area (Å²) in [6.45, 7) is 2.06. The second-order valence-corrected chi connectivity index (χ2v) is 3.45. The van der Waals surface area contributed by atoms with Gasteiger partial charge in [0.1, 0.15) is 11.9 Å². The van der Waals surface area contributed by atoms with Gasteiger partial charge in [0, 0.05) is 13.0 Å². The summed E-state index contributed by atoms with van der Waals surface area (Å²) in [5.74, 6) is 0.892. The zero-order valence-corrected chi connectivity index (χ0v) is 8.11. The number of hydrogen-bond acceptors (Lipinski definition) is 3. The molecule has 1 fully saturated rings. The highest BCUT2D eigenvalue weighted by Gasteiger charge is 2.16. The van der Waals surface area contributed by atoms with Crippen LogP contribution in [0.4, 0.5) is 0 Å². The molecule has 1 atom stereocenters. The van der Waals surface area contributed by atoms with E-state index in [1.165, 1.54) is 0 Å². The topological polar surface area (TPSA) is 44.5 Å². The fourth-order valence-electron chi connectivity index (χ4n) is 1.54. The fourth-order valence-corrected chi connectivity index (χ4v) is 1.54. The van der Waals surface area contributed by atoms with Crippen molar-refractivity contribution in [3.63, 3.8) is 0 Å².